The molecule has 0 saturated carbocycles. The number of nitriles is 1. The molecule has 0 unspecified atom stereocenters. The number of halogens is 1. The molecule has 0 fully saturated rings. The standard InChI is InChI=1S/C12H10ClN3S/c1-2-15-12-8(6-14)3-4-10(16-12)9-5-11(13)17-7-9/h3-5,7H,2H2,1H3,(H,15,16). The molecule has 0 amide bonds. The predicted octanol–water partition coefficient (Wildman–Crippen LogP) is 3.77. The third-order valence-corrected chi connectivity index (χ3v) is 3.31. The van der Waals surface area contributed by atoms with Gasteiger partial charge in [0.15, 0.2) is 0 Å². The lowest BCUT2D eigenvalue weighted by molar-refractivity contribution is 1.15. The van der Waals surface area contributed by atoms with Crippen LogP contribution in [-0.4, -0.2) is 11.5 Å². The van der Waals surface area contributed by atoms with Gasteiger partial charge in [-0.3, -0.25) is 0 Å². The third-order valence-electron chi connectivity index (χ3n) is 2.22. The molecule has 5 heteroatoms. The molecule has 0 radical (unpaired) electrons. The molecule has 2 heterocycles. The zero-order valence-corrected chi connectivity index (χ0v) is 10.8. The Labute approximate surface area is 109 Å². The first-order valence-corrected chi connectivity index (χ1v) is 6.39. The highest BCUT2D eigenvalue weighted by atomic mass is 35.5. The fourth-order valence-electron chi connectivity index (χ4n) is 1.46. The van der Waals surface area contributed by atoms with Gasteiger partial charge >= 0.3 is 0 Å². The van der Waals surface area contributed by atoms with Crippen LogP contribution in [0, 0.1) is 11.3 Å². The molecule has 0 spiro atoms. The molecule has 2 aromatic heterocycles. The van der Waals surface area contributed by atoms with E-state index in [1.165, 1.54) is 11.3 Å². The van der Waals surface area contributed by atoms with Gasteiger partial charge in [0.25, 0.3) is 0 Å². The Bertz CT molecular complexity index is 571. The largest absolute Gasteiger partial charge is 0.369 e. The quantitative estimate of drug-likeness (QED) is 0.917. The maximum Gasteiger partial charge on any atom is 0.144 e. The molecule has 3 nitrogen and oxygen atoms in total. The van der Waals surface area contributed by atoms with Gasteiger partial charge in [-0.15, -0.1) is 11.3 Å². The van der Waals surface area contributed by atoms with Crippen LogP contribution in [0.25, 0.3) is 11.3 Å². The van der Waals surface area contributed by atoms with Crippen molar-refractivity contribution in [2.75, 3.05) is 11.9 Å². The normalized spacial score (nSPS) is 9.94. The summed E-state index contributed by atoms with van der Waals surface area (Å²) >= 11 is 7.36. The molecule has 0 aliphatic rings. The number of nitrogens with one attached hydrogen (secondary N) is 1. The van der Waals surface area contributed by atoms with E-state index in [0.717, 1.165) is 22.1 Å². The van der Waals surface area contributed by atoms with Crippen molar-refractivity contribution in [3.05, 3.63) is 33.5 Å². The lowest BCUT2D eigenvalue weighted by atomic mass is 10.2. The number of pyridine rings is 1. The molecule has 2 rings (SSSR count). The van der Waals surface area contributed by atoms with Crippen molar-refractivity contribution < 1.29 is 0 Å². The van der Waals surface area contributed by atoms with Crippen LogP contribution >= 0.6 is 22.9 Å². The average Bonchev–Trinajstić information content (AvgIpc) is 2.76. The number of hydrogen-bond acceptors (Lipinski definition) is 4. The Kier molecular flexibility index (Phi) is 3.62. The molecule has 0 aromatic carbocycles. The number of aromatic nitrogens is 1. The highest BCUT2D eigenvalue weighted by molar-refractivity contribution is 7.14. The molecule has 0 aliphatic heterocycles. The number of hydrogen-bond donors (Lipinski definition) is 1. The minimum absolute atomic E-state index is 0.553. The summed E-state index contributed by atoms with van der Waals surface area (Å²) in [6.45, 7) is 2.70. The topological polar surface area (TPSA) is 48.7 Å². The SMILES string of the molecule is CCNc1nc(-c2csc(Cl)c2)ccc1C#N. The Hall–Kier alpha value is -1.57. The van der Waals surface area contributed by atoms with E-state index in [-0.39, 0.29) is 0 Å². The maximum atomic E-state index is 8.96. The van der Waals surface area contributed by atoms with E-state index < -0.39 is 0 Å². The number of anilines is 1. The minimum atomic E-state index is 0.553. The van der Waals surface area contributed by atoms with Crippen molar-refractivity contribution in [1.82, 2.24) is 4.98 Å². The van der Waals surface area contributed by atoms with Gasteiger partial charge in [0.2, 0.25) is 0 Å². The second kappa shape index (κ2) is 5.17. The summed E-state index contributed by atoms with van der Waals surface area (Å²) in [5, 5.41) is 14.0. The first-order chi connectivity index (χ1) is 8.24. The van der Waals surface area contributed by atoms with Crippen LogP contribution in [0.3, 0.4) is 0 Å². The molecule has 0 atom stereocenters. The van der Waals surface area contributed by atoms with Crippen molar-refractivity contribution in [2.24, 2.45) is 0 Å². The van der Waals surface area contributed by atoms with Crippen molar-refractivity contribution in [3.63, 3.8) is 0 Å². The molecule has 0 saturated heterocycles. The minimum Gasteiger partial charge on any atom is -0.369 e. The van der Waals surface area contributed by atoms with E-state index in [9.17, 15) is 0 Å². The summed E-state index contributed by atoms with van der Waals surface area (Å²) in [5.74, 6) is 0.620. The second-order valence-corrected chi connectivity index (χ2v) is 4.92. The van der Waals surface area contributed by atoms with Gasteiger partial charge in [-0.25, -0.2) is 4.98 Å². The summed E-state index contributed by atoms with van der Waals surface area (Å²) in [5.41, 5.74) is 2.35. The molecule has 0 bridgehead atoms. The number of thiophene rings is 1. The van der Waals surface area contributed by atoms with Crippen molar-refractivity contribution in [2.45, 2.75) is 6.92 Å². The summed E-state index contributed by atoms with van der Waals surface area (Å²) in [7, 11) is 0. The average molecular weight is 264 g/mol. The first kappa shape index (κ1) is 11.9. The third kappa shape index (κ3) is 2.57. The van der Waals surface area contributed by atoms with Gasteiger partial charge in [-0.2, -0.15) is 5.26 Å². The van der Waals surface area contributed by atoms with Crippen LogP contribution in [0.2, 0.25) is 4.34 Å². The van der Waals surface area contributed by atoms with E-state index in [1.807, 2.05) is 24.4 Å². The van der Waals surface area contributed by atoms with Crippen LogP contribution in [0.15, 0.2) is 23.6 Å². The summed E-state index contributed by atoms with van der Waals surface area (Å²) in [6, 6.07) is 7.59. The van der Waals surface area contributed by atoms with Crippen LogP contribution in [-0.2, 0) is 0 Å². The molecule has 0 aliphatic carbocycles. The summed E-state index contributed by atoms with van der Waals surface area (Å²) in [4.78, 5) is 4.43. The van der Waals surface area contributed by atoms with Gasteiger partial charge in [0, 0.05) is 17.5 Å². The molecule has 1 N–H and O–H groups in total. The van der Waals surface area contributed by atoms with Crippen molar-refractivity contribution in [3.8, 4) is 17.3 Å². The summed E-state index contributed by atoms with van der Waals surface area (Å²) in [6.07, 6.45) is 0. The predicted molar refractivity (Wildman–Crippen MR) is 71.4 cm³/mol. The first-order valence-electron chi connectivity index (χ1n) is 5.14. The lowest BCUT2D eigenvalue weighted by Gasteiger charge is -2.06. The van der Waals surface area contributed by atoms with Gasteiger partial charge in [0.05, 0.1) is 15.6 Å². The Morgan fingerprint density at radius 3 is 2.94 bits per heavy atom. The number of nitrogens with zero attached hydrogens (tertiary/aromatic N) is 2. The van der Waals surface area contributed by atoms with Crippen LogP contribution in [0.5, 0.6) is 0 Å². The Morgan fingerprint density at radius 2 is 2.35 bits per heavy atom. The number of rotatable bonds is 3. The molecule has 86 valence electrons. The molecular formula is C12H10ClN3S. The lowest BCUT2D eigenvalue weighted by Crippen LogP contribution is -2.02. The highest BCUT2D eigenvalue weighted by Gasteiger charge is 2.07. The monoisotopic (exact) mass is 263 g/mol. The second-order valence-electron chi connectivity index (χ2n) is 3.37. The molecule has 17 heavy (non-hydrogen) atoms. The van der Waals surface area contributed by atoms with Crippen LogP contribution in [0.1, 0.15) is 12.5 Å². The Morgan fingerprint density at radius 1 is 1.53 bits per heavy atom. The Balaban J connectivity index is 2.44. The van der Waals surface area contributed by atoms with Crippen molar-refractivity contribution >= 4 is 28.8 Å². The van der Waals surface area contributed by atoms with Crippen molar-refractivity contribution in [1.29, 1.82) is 5.26 Å². The fourth-order valence-corrected chi connectivity index (χ4v) is 2.33. The molecule has 2 aromatic rings. The maximum absolute atomic E-state index is 8.96. The van der Waals surface area contributed by atoms with Gasteiger partial charge < -0.3 is 5.32 Å². The summed E-state index contributed by atoms with van der Waals surface area (Å²) < 4.78 is 0.733. The highest BCUT2D eigenvalue weighted by Crippen LogP contribution is 2.28. The fraction of sp³-hybridized carbons (Fsp3) is 0.167. The smallest absolute Gasteiger partial charge is 0.144 e. The van der Waals surface area contributed by atoms with E-state index >= 15 is 0 Å². The van der Waals surface area contributed by atoms with Crippen LogP contribution in [0.4, 0.5) is 5.82 Å². The zero-order valence-electron chi connectivity index (χ0n) is 9.20. The van der Waals surface area contributed by atoms with E-state index in [0.29, 0.717) is 11.4 Å². The molecular weight excluding hydrogens is 254 g/mol. The van der Waals surface area contributed by atoms with E-state index in [4.69, 9.17) is 16.9 Å². The van der Waals surface area contributed by atoms with Gasteiger partial charge in [0.1, 0.15) is 11.9 Å². The van der Waals surface area contributed by atoms with E-state index in [2.05, 4.69) is 16.4 Å². The zero-order chi connectivity index (χ0) is 12.3. The van der Waals surface area contributed by atoms with Crippen LogP contribution < -0.4 is 5.32 Å². The van der Waals surface area contributed by atoms with Gasteiger partial charge in [-0.1, -0.05) is 11.6 Å². The van der Waals surface area contributed by atoms with Gasteiger partial charge in [-0.05, 0) is 25.1 Å². The van der Waals surface area contributed by atoms with E-state index in [1.54, 1.807) is 6.07 Å².